The van der Waals surface area contributed by atoms with Crippen molar-refractivity contribution in [1.29, 1.82) is 0 Å². The second-order valence-corrected chi connectivity index (χ2v) is 4.05. The Morgan fingerprint density at radius 2 is 2.36 bits per heavy atom. The molecule has 3 nitrogen and oxygen atoms in total. The fourth-order valence-corrected chi connectivity index (χ4v) is 1.81. The highest BCUT2D eigenvalue weighted by Crippen LogP contribution is 2.21. The summed E-state index contributed by atoms with van der Waals surface area (Å²) < 4.78 is 4.55. The molecule has 1 aromatic rings. The predicted molar refractivity (Wildman–Crippen MR) is 57.0 cm³/mol. The lowest BCUT2D eigenvalue weighted by molar-refractivity contribution is 0.0600. The number of carbonyl (C=O) groups excluding carboxylic acids is 1. The number of aromatic nitrogens is 1. The molecule has 0 atom stereocenters. The van der Waals surface area contributed by atoms with Crippen LogP contribution < -0.4 is 0 Å². The number of methoxy groups -OCH3 is 1. The first-order valence-corrected chi connectivity index (χ1v) is 5.43. The van der Waals surface area contributed by atoms with Crippen molar-refractivity contribution in [2.24, 2.45) is 0 Å². The molecule has 0 saturated carbocycles. The monoisotopic (exact) mass is 231 g/mol. The summed E-state index contributed by atoms with van der Waals surface area (Å²) in [5.74, 6) is 0.455. The number of nitrogens with zero attached hydrogens (tertiary/aromatic N) is 1. The molecule has 76 valence electrons. The molecule has 0 amide bonds. The summed E-state index contributed by atoms with van der Waals surface area (Å²) in [4.78, 5) is 15.2. The van der Waals surface area contributed by atoms with Crippen molar-refractivity contribution >= 4 is 29.3 Å². The van der Waals surface area contributed by atoms with Crippen LogP contribution in [0.5, 0.6) is 0 Å². The van der Waals surface area contributed by atoms with E-state index >= 15 is 0 Å². The number of carbonyl (C=O) groups is 1. The van der Waals surface area contributed by atoms with Crippen molar-refractivity contribution in [3.63, 3.8) is 0 Å². The highest BCUT2D eigenvalue weighted by Gasteiger charge is 2.11. The molecule has 0 aliphatic carbocycles. The first-order chi connectivity index (χ1) is 6.69. The van der Waals surface area contributed by atoms with E-state index in [2.05, 4.69) is 9.72 Å². The van der Waals surface area contributed by atoms with Crippen LogP contribution in [0.2, 0.25) is 5.15 Å². The van der Waals surface area contributed by atoms with Gasteiger partial charge in [-0.15, -0.1) is 11.8 Å². The van der Waals surface area contributed by atoms with Gasteiger partial charge in [-0.1, -0.05) is 18.5 Å². The second kappa shape index (κ2) is 5.22. The maximum Gasteiger partial charge on any atom is 0.341 e. The van der Waals surface area contributed by atoms with Gasteiger partial charge in [-0.3, -0.25) is 0 Å². The minimum absolute atomic E-state index is 0.190. The fraction of sp³-hybridized carbons (Fsp3) is 0.333. The molecule has 1 heterocycles. The standard InChI is InChI=1S/C9H10ClNO2S/c1-3-14-7-5-4-6(8(10)11-7)9(12)13-2/h4-5H,3H2,1-2H3. The first-order valence-electron chi connectivity index (χ1n) is 4.06. The lowest BCUT2D eigenvalue weighted by Gasteiger charge is -2.03. The molecular weight excluding hydrogens is 222 g/mol. The molecule has 0 aromatic carbocycles. The third-order valence-corrected chi connectivity index (χ3v) is 2.62. The molecule has 0 radical (unpaired) electrons. The van der Waals surface area contributed by atoms with Crippen LogP contribution in [0, 0.1) is 0 Å². The van der Waals surface area contributed by atoms with E-state index in [-0.39, 0.29) is 5.15 Å². The highest BCUT2D eigenvalue weighted by molar-refractivity contribution is 7.99. The lowest BCUT2D eigenvalue weighted by atomic mass is 10.3. The van der Waals surface area contributed by atoms with Crippen LogP contribution in [0.1, 0.15) is 17.3 Å². The topological polar surface area (TPSA) is 39.2 Å². The third kappa shape index (κ3) is 2.62. The van der Waals surface area contributed by atoms with Gasteiger partial charge >= 0.3 is 5.97 Å². The van der Waals surface area contributed by atoms with Crippen LogP contribution in [-0.4, -0.2) is 23.8 Å². The number of hydrogen-bond acceptors (Lipinski definition) is 4. The Kier molecular flexibility index (Phi) is 4.22. The molecule has 1 rings (SSSR count). The van der Waals surface area contributed by atoms with Crippen LogP contribution in [0.3, 0.4) is 0 Å². The summed E-state index contributed by atoms with van der Waals surface area (Å²) in [6.07, 6.45) is 0. The van der Waals surface area contributed by atoms with E-state index in [0.717, 1.165) is 10.8 Å². The smallest absolute Gasteiger partial charge is 0.341 e. The minimum Gasteiger partial charge on any atom is -0.465 e. The van der Waals surface area contributed by atoms with E-state index in [9.17, 15) is 4.79 Å². The maximum absolute atomic E-state index is 11.1. The normalized spacial score (nSPS) is 9.93. The highest BCUT2D eigenvalue weighted by atomic mass is 35.5. The largest absolute Gasteiger partial charge is 0.465 e. The fourth-order valence-electron chi connectivity index (χ4n) is 0.908. The lowest BCUT2D eigenvalue weighted by Crippen LogP contribution is -2.03. The molecule has 0 fully saturated rings. The van der Waals surface area contributed by atoms with E-state index in [4.69, 9.17) is 11.6 Å². The number of esters is 1. The maximum atomic E-state index is 11.1. The van der Waals surface area contributed by atoms with Crippen LogP contribution in [0.4, 0.5) is 0 Å². The number of ether oxygens (including phenoxy) is 1. The molecule has 0 aliphatic rings. The molecule has 0 unspecified atom stereocenters. The van der Waals surface area contributed by atoms with Crippen molar-refractivity contribution in [2.45, 2.75) is 11.9 Å². The summed E-state index contributed by atoms with van der Waals surface area (Å²) >= 11 is 7.38. The molecule has 0 aliphatic heterocycles. The number of thioether (sulfide) groups is 1. The van der Waals surface area contributed by atoms with Crippen LogP contribution in [-0.2, 0) is 4.74 Å². The van der Waals surface area contributed by atoms with Gasteiger partial charge in [-0.05, 0) is 17.9 Å². The Labute approximate surface area is 91.8 Å². The van der Waals surface area contributed by atoms with Crippen molar-refractivity contribution in [3.8, 4) is 0 Å². The number of pyridine rings is 1. The van der Waals surface area contributed by atoms with Gasteiger partial charge in [-0.2, -0.15) is 0 Å². The van der Waals surface area contributed by atoms with E-state index in [0.29, 0.717) is 5.56 Å². The summed E-state index contributed by atoms with van der Waals surface area (Å²) in [6.45, 7) is 2.02. The van der Waals surface area contributed by atoms with Gasteiger partial charge in [0.1, 0.15) is 5.15 Å². The van der Waals surface area contributed by atoms with Crippen LogP contribution in [0.25, 0.3) is 0 Å². The molecule has 1 aromatic heterocycles. The Hall–Kier alpha value is -0.740. The molecule has 0 N–H and O–H groups in total. The van der Waals surface area contributed by atoms with Crippen LogP contribution >= 0.6 is 23.4 Å². The van der Waals surface area contributed by atoms with Gasteiger partial charge < -0.3 is 4.74 Å². The number of hydrogen-bond donors (Lipinski definition) is 0. The van der Waals surface area contributed by atoms with Crippen molar-refractivity contribution in [2.75, 3.05) is 12.9 Å². The van der Waals surface area contributed by atoms with Crippen molar-refractivity contribution in [1.82, 2.24) is 4.98 Å². The zero-order valence-corrected chi connectivity index (χ0v) is 9.48. The van der Waals surface area contributed by atoms with E-state index in [1.807, 2.05) is 6.92 Å². The Morgan fingerprint density at radius 1 is 1.64 bits per heavy atom. The molecule has 0 saturated heterocycles. The first kappa shape index (κ1) is 11.3. The molecular formula is C9H10ClNO2S. The van der Waals surface area contributed by atoms with Gasteiger partial charge in [0.2, 0.25) is 0 Å². The van der Waals surface area contributed by atoms with Gasteiger partial charge in [0, 0.05) is 0 Å². The van der Waals surface area contributed by atoms with Gasteiger partial charge in [0.05, 0.1) is 17.7 Å². The van der Waals surface area contributed by atoms with E-state index in [1.165, 1.54) is 7.11 Å². The Bertz CT molecular complexity index is 344. The van der Waals surface area contributed by atoms with Gasteiger partial charge in [0.15, 0.2) is 0 Å². The molecule has 0 spiro atoms. The van der Waals surface area contributed by atoms with Gasteiger partial charge in [0.25, 0.3) is 0 Å². The van der Waals surface area contributed by atoms with E-state index < -0.39 is 5.97 Å². The molecule has 14 heavy (non-hydrogen) atoms. The minimum atomic E-state index is -0.462. The van der Waals surface area contributed by atoms with Crippen LogP contribution in [0.15, 0.2) is 17.2 Å². The second-order valence-electron chi connectivity index (χ2n) is 2.41. The molecule has 0 bridgehead atoms. The third-order valence-electron chi connectivity index (χ3n) is 1.52. The van der Waals surface area contributed by atoms with Crippen molar-refractivity contribution in [3.05, 3.63) is 22.8 Å². The molecule has 5 heteroatoms. The van der Waals surface area contributed by atoms with E-state index in [1.54, 1.807) is 23.9 Å². The SMILES string of the molecule is CCSc1ccc(C(=O)OC)c(Cl)n1. The number of rotatable bonds is 3. The summed E-state index contributed by atoms with van der Waals surface area (Å²) in [7, 11) is 1.31. The average molecular weight is 232 g/mol. The number of halogens is 1. The zero-order valence-electron chi connectivity index (χ0n) is 7.91. The average Bonchev–Trinajstić information content (AvgIpc) is 2.17. The predicted octanol–water partition coefficient (Wildman–Crippen LogP) is 2.63. The Balaban J connectivity index is 2.95. The summed E-state index contributed by atoms with van der Waals surface area (Å²) in [5.41, 5.74) is 0.301. The quantitative estimate of drug-likeness (QED) is 0.456. The summed E-state index contributed by atoms with van der Waals surface area (Å²) in [5, 5.41) is 1.00. The van der Waals surface area contributed by atoms with Crippen molar-refractivity contribution < 1.29 is 9.53 Å². The zero-order chi connectivity index (χ0) is 10.6. The summed E-state index contributed by atoms with van der Waals surface area (Å²) in [6, 6.07) is 3.38. The van der Waals surface area contributed by atoms with Gasteiger partial charge in [-0.25, -0.2) is 9.78 Å². The Morgan fingerprint density at radius 3 is 2.86 bits per heavy atom.